The summed E-state index contributed by atoms with van der Waals surface area (Å²) in [6, 6.07) is 3.79. The minimum Gasteiger partial charge on any atom is -0.379 e. The van der Waals surface area contributed by atoms with Crippen molar-refractivity contribution >= 4 is 17.0 Å². The quantitative estimate of drug-likeness (QED) is 0.596. The molecule has 2 heterocycles. The highest BCUT2D eigenvalue weighted by Gasteiger charge is 1.98. The van der Waals surface area contributed by atoms with Gasteiger partial charge in [0.2, 0.25) is 0 Å². The molecule has 2 aromatic rings. The Morgan fingerprint density at radius 3 is 3.00 bits per heavy atom. The number of fused-ring (bicyclic) bond motifs is 1. The van der Waals surface area contributed by atoms with Crippen LogP contribution < -0.4 is 5.32 Å². The van der Waals surface area contributed by atoms with E-state index in [0.717, 1.165) is 24.3 Å². The van der Waals surface area contributed by atoms with Crippen LogP contribution >= 0.6 is 0 Å². The van der Waals surface area contributed by atoms with E-state index in [-0.39, 0.29) is 0 Å². The maximum absolute atomic E-state index is 5.39. The van der Waals surface area contributed by atoms with E-state index in [1.54, 1.807) is 12.4 Å². The average molecular weight is 244 g/mol. The normalized spacial score (nSPS) is 10.4. The van der Waals surface area contributed by atoms with Crippen LogP contribution in [-0.2, 0) is 4.74 Å². The number of ether oxygens (including phenoxy) is 1. The van der Waals surface area contributed by atoms with Gasteiger partial charge in [-0.25, -0.2) is 9.97 Å². The molecule has 0 fully saturated rings. The van der Waals surface area contributed by atoms with Gasteiger partial charge in [-0.1, -0.05) is 6.08 Å². The fourth-order valence-corrected chi connectivity index (χ4v) is 1.47. The zero-order valence-corrected chi connectivity index (χ0v) is 10.2. The van der Waals surface area contributed by atoms with Crippen molar-refractivity contribution in [2.75, 3.05) is 25.1 Å². The molecule has 0 saturated heterocycles. The Labute approximate surface area is 106 Å². The summed E-state index contributed by atoms with van der Waals surface area (Å²) in [6.07, 6.45) is 6.02. The highest BCUT2D eigenvalue weighted by molar-refractivity contribution is 5.71. The monoisotopic (exact) mass is 244 g/mol. The molecule has 94 valence electrons. The van der Waals surface area contributed by atoms with Crippen molar-refractivity contribution in [3.8, 4) is 0 Å². The van der Waals surface area contributed by atoms with Crippen LogP contribution in [0.1, 0.15) is 6.42 Å². The van der Waals surface area contributed by atoms with Gasteiger partial charge in [-0.2, -0.15) is 0 Å². The molecule has 5 nitrogen and oxygen atoms in total. The lowest BCUT2D eigenvalue weighted by Gasteiger charge is -2.06. The second-order valence-electron chi connectivity index (χ2n) is 3.71. The molecular formula is C13H16N4O. The standard InChI is InChI=1S/C13H16N4O/c1-2-3-9-18-10-8-15-12-5-4-11-13(17-12)16-7-6-14-11/h2,4-7H,1,3,8-10H2,(H,15,16,17). The maximum Gasteiger partial charge on any atom is 0.180 e. The van der Waals surface area contributed by atoms with Crippen LogP contribution in [0.5, 0.6) is 0 Å². The Hall–Kier alpha value is -2.01. The predicted octanol–water partition coefficient (Wildman–Crippen LogP) is 2.03. The lowest BCUT2D eigenvalue weighted by Crippen LogP contribution is -2.10. The minimum absolute atomic E-state index is 0.647. The SMILES string of the molecule is C=CCCOCCNc1ccc2nccnc2n1. The number of anilines is 1. The van der Waals surface area contributed by atoms with Gasteiger partial charge in [0.05, 0.1) is 13.2 Å². The lowest BCUT2D eigenvalue weighted by atomic mass is 10.4. The largest absolute Gasteiger partial charge is 0.379 e. The minimum atomic E-state index is 0.647. The van der Waals surface area contributed by atoms with Crippen LogP contribution in [0.2, 0.25) is 0 Å². The van der Waals surface area contributed by atoms with E-state index in [1.165, 1.54) is 0 Å². The van der Waals surface area contributed by atoms with Crippen molar-refractivity contribution < 1.29 is 4.74 Å². The molecule has 0 aromatic carbocycles. The number of hydrogen-bond acceptors (Lipinski definition) is 5. The Kier molecular flexibility index (Phi) is 4.60. The van der Waals surface area contributed by atoms with Crippen molar-refractivity contribution in [2.45, 2.75) is 6.42 Å². The van der Waals surface area contributed by atoms with Crippen LogP contribution in [0.25, 0.3) is 11.2 Å². The van der Waals surface area contributed by atoms with E-state index >= 15 is 0 Å². The first kappa shape index (κ1) is 12.4. The molecular weight excluding hydrogens is 228 g/mol. The fourth-order valence-electron chi connectivity index (χ4n) is 1.47. The summed E-state index contributed by atoms with van der Waals surface area (Å²) in [6.45, 7) is 5.71. The fraction of sp³-hybridized carbons (Fsp3) is 0.308. The summed E-state index contributed by atoms with van der Waals surface area (Å²) in [5.41, 5.74) is 1.44. The van der Waals surface area contributed by atoms with Gasteiger partial charge in [0.15, 0.2) is 5.65 Å². The van der Waals surface area contributed by atoms with Gasteiger partial charge in [-0.05, 0) is 18.6 Å². The van der Waals surface area contributed by atoms with Gasteiger partial charge in [0.25, 0.3) is 0 Å². The average Bonchev–Trinajstić information content (AvgIpc) is 2.42. The number of pyridine rings is 1. The summed E-state index contributed by atoms with van der Waals surface area (Å²) < 4.78 is 5.39. The summed E-state index contributed by atoms with van der Waals surface area (Å²) in [5, 5.41) is 3.18. The molecule has 0 saturated carbocycles. The Bertz CT molecular complexity index is 515. The molecule has 0 aliphatic heterocycles. The van der Waals surface area contributed by atoms with Gasteiger partial charge in [-0.3, -0.25) is 4.98 Å². The summed E-state index contributed by atoms with van der Waals surface area (Å²) in [5.74, 6) is 0.787. The number of nitrogens with one attached hydrogen (secondary N) is 1. The van der Waals surface area contributed by atoms with E-state index in [1.807, 2.05) is 18.2 Å². The van der Waals surface area contributed by atoms with Crippen LogP contribution in [0.15, 0.2) is 37.2 Å². The van der Waals surface area contributed by atoms with Crippen LogP contribution in [0.3, 0.4) is 0 Å². The molecule has 18 heavy (non-hydrogen) atoms. The second-order valence-corrected chi connectivity index (χ2v) is 3.71. The van der Waals surface area contributed by atoms with Gasteiger partial charge in [-0.15, -0.1) is 6.58 Å². The molecule has 5 heteroatoms. The smallest absolute Gasteiger partial charge is 0.180 e. The number of aromatic nitrogens is 3. The summed E-state index contributed by atoms with van der Waals surface area (Å²) >= 11 is 0. The van der Waals surface area contributed by atoms with Gasteiger partial charge in [0, 0.05) is 18.9 Å². The van der Waals surface area contributed by atoms with E-state index < -0.39 is 0 Å². The van der Waals surface area contributed by atoms with Gasteiger partial charge < -0.3 is 10.1 Å². The molecule has 0 unspecified atom stereocenters. The number of hydrogen-bond donors (Lipinski definition) is 1. The van der Waals surface area contributed by atoms with Crippen molar-refractivity contribution in [2.24, 2.45) is 0 Å². The topological polar surface area (TPSA) is 59.9 Å². The summed E-state index contributed by atoms with van der Waals surface area (Å²) in [4.78, 5) is 12.7. The highest BCUT2D eigenvalue weighted by Crippen LogP contribution is 2.09. The molecule has 0 aliphatic carbocycles. The predicted molar refractivity (Wildman–Crippen MR) is 71.5 cm³/mol. The molecule has 0 amide bonds. The van der Waals surface area contributed by atoms with E-state index in [0.29, 0.717) is 18.9 Å². The molecule has 0 radical (unpaired) electrons. The molecule has 0 spiro atoms. The zero-order valence-electron chi connectivity index (χ0n) is 10.2. The molecule has 2 rings (SSSR count). The third kappa shape index (κ3) is 3.49. The second kappa shape index (κ2) is 6.66. The van der Waals surface area contributed by atoms with Crippen molar-refractivity contribution in [1.29, 1.82) is 0 Å². The zero-order chi connectivity index (χ0) is 12.6. The Morgan fingerprint density at radius 2 is 2.11 bits per heavy atom. The molecule has 0 bridgehead atoms. The third-order valence-electron chi connectivity index (χ3n) is 2.35. The molecule has 0 aliphatic rings. The van der Waals surface area contributed by atoms with E-state index in [2.05, 4.69) is 26.8 Å². The molecule has 0 atom stereocenters. The van der Waals surface area contributed by atoms with Gasteiger partial charge in [0.1, 0.15) is 11.3 Å². The third-order valence-corrected chi connectivity index (χ3v) is 2.35. The van der Waals surface area contributed by atoms with Crippen molar-refractivity contribution in [3.05, 3.63) is 37.2 Å². The Balaban J connectivity index is 1.82. The Morgan fingerprint density at radius 1 is 1.22 bits per heavy atom. The number of nitrogens with zero attached hydrogens (tertiary/aromatic N) is 3. The maximum atomic E-state index is 5.39. The number of rotatable bonds is 7. The van der Waals surface area contributed by atoms with Crippen molar-refractivity contribution in [1.82, 2.24) is 15.0 Å². The first-order chi connectivity index (χ1) is 8.90. The first-order valence-corrected chi connectivity index (χ1v) is 5.90. The highest BCUT2D eigenvalue weighted by atomic mass is 16.5. The van der Waals surface area contributed by atoms with Gasteiger partial charge >= 0.3 is 0 Å². The van der Waals surface area contributed by atoms with Crippen LogP contribution in [0.4, 0.5) is 5.82 Å². The lowest BCUT2D eigenvalue weighted by molar-refractivity contribution is 0.149. The summed E-state index contributed by atoms with van der Waals surface area (Å²) in [7, 11) is 0. The molecule has 1 N–H and O–H groups in total. The van der Waals surface area contributed by atoms with E-state index in [4.69, 9.17) is 4.74 Å². The molecule has 2 aromatic heterocycles. The van der Waals surface area contributed by atoms with Crippen LogP contribution in [0, 0.1) is 0 Å². The van der Waals surface area contributed by atoms with E-state index in [9.17, 15) is 0 Å². The van der Waals surface area contributed by atoms with Crippen LogP contribution in [-0.4, -0.2) is 34.7 Å². The van der Waals surface area contributed by atoms with Crippen molar-refractivity contribution in [3.63, 3.8) is 0 Å². The first-order valence-electron chi connectivity index (χ1n) is 5.90.